The Morgan fingerprint density at radius 3 is 1.06 bits per heavy atom. The van der Waals surface area contributed by atoms with Gasteiger partial charge in [-0.1, -0.05) is 306 Å². The summed E-state index contributed by atoms with van der Waals surface area (Å²) >= 11 is 0. The van der Waals surface area contributed by atoms with Gasteiger partial charge in [0.25, 0.3) is 0 Å². The third kappa shape index (κ3) is 62.6. The predicted molar refractivity (Wildman–Crippen MR) is 338 cm³/mol. The molecule has 0 rings (SSSR count). The number of carboxylic acids is 1. The SMILES string of the molecule is CC/C=C\C/C=C\C/C=C\C/C=C\C/C=C\CCCCCCCCCCCCCCCCCC(=O)OC(COC(=O)CCCCCCCCCCCCCCCCCCCCCCCCCC)COC(OCC[N+](C)(C)C)C(=O)[O-]. The number of rotatable bonds is 63. The number of carbonyl (C=O) groups is 3. The lowest BCUT2D eigenvalue weighted by molar-refractivity contribution is -0.870. The molecule has 0 aromatic carbocycles. The van der Waals surface area contributed by atoms with Crippen LogP contribution in [0.1, 0.15) is 316 Å². The number of esters is 2. The number of quaternary nitrogens is 1. The van der Waals surface area contributed by atoms with Gasteiger partial charge in [0.05, 0.1) is 40.3 Å². The molecule has 0 fully saturated rings. The van der Waals surface area contributed by atoms with Gasteiger partial charge in [0.15, 0.2) is 12.4 Å². The van der Waals surface area contributed by atoms with E-state index in [-0.39, 0.29) is 32.2 Å². The summed E-state index contributed by atoms with van der Waals surface area (Å²) in [6, 6.07) is 0. The first-order chi connectivity index (χ1) is 39.1. The first-order valence-electron chi connectivity index (χ1n) is 33.9. The van der Waals surface area contributed by atoms with E-state index >= 15 is 0 Å². The minimum absolute atomic E-state index is 0.149. The van der Waals surface area contributed by atoms with Gasteiger partial charge in [-0.25, -0.2) is 0 Å². The van der Waals surface area contributed by atoms with Crippen LogP contribution in [0.3, 0.4) is 0 Å². The van der Waals surface area contributed by atoms with Gasteiger partial charge in [0.2, 0.25) is 0 Å². The maximum atomic E-state index is 12.9. The second kappa shape index (κ2) is 62.0. The van der Waals surface area contributed by atoms with Crippen molar-refractivity contribution in [3.8, 4) is 0 Å². The number of likely N-dealkylation sites (N-methyl/N-ethyl adjacent to an activating group) is 1. The lowest BCUT2D eigenvalue weighted by atomic mass is 10.0. The Bertz CT molecular complexity index is 1500. The molecule has 0 amide bonds. The van der Waals surface area contributed by atoms with Crippen molar-refractivity contribution < 1.29 is 42.9 Å². The van der Waals surface area contributed by atoms with E-state index in [1.165, 1.54) is 218 Å². The summed E-state index contributed by atoms with van der Waals surface area (Å²) in [5.41, 5.74) is 0. The number of carboxylic acid groups (broad SMARTS) is 1. The quantitative estimate of drug-likeness (QED) is 0.0195. The number of hydrogen-bond donors (Lipinski definition) is 0. The van der Waals surface area contributed by atoms with Crippen LogP contribution in [0.25, 0.3) is 0 Å². The Balaban J connectivity index is 4.11. The van der Waals surface area contributed by atoms with Crippen LogP contribution >= 0.6 is 0 Å². The van der Waals surface area contributed by atoms with E-state index in [0.717, 1.165) is 64.2 Å². The van der Waals surface area contributed by atoms with Crippen molar-refractivity contribution in [2.45, 2.75) is 328 Å². The number of ether oxygens (including phenoxy) is 4. The van der Waals surface area contributed by atoms with E-state index in [1.807, 2.05) is 21.1 Å². The van der Waals surface area contributed by atoms with Gasteiger partial charge < -0.3 is 33.3 Å². The van der Waals surface area contributed by atoms with Gasteiger partial charge in [-0.3, -0.25) is 9.59 Å². The molecule has 0 aliphatic carbocycles. The molecule has 0 spiro atoms. The smallest absolute Gasteiger partial charge is 0.306 e. The molecule has 9 nitrogen and oxygen atoms in total. The van der Waals surface area contributed by atoms with E-state index in [9.17, 15) is 19.5 Å². The molecule has 0 bridgehead atoms. The normalized spacial score (nSPS) is 13.1. The summed E-state index contributed by atoms with van der Waals surface area (Å²) in [6.07, 6.45) is 77.2. The molecule has 0 N–H and O–H groups in total. The summed E-state index contributed by atoms with van der Waals surface area (Å²) in [4.78, 5) is 37.5. The molecule has 0 aromatic heterocycles. The molecular formula is C71H129NO8. The summed E-state index contributed by atoms with van der Waals surface area (Å²) < 4.78 is 22.8. The molecule has 2 unspecified atom stereocenters. The molecule has 0 aliphatic heterocycles. The van der Waals surface area contributed by atoms with Crippen LogP contribution in [-0.2, 0) is 33.3 Å². The third-order valence-electron chi connectivity index (χ3n) is 15.0. The van der Waals surface area contributed by atoms with Crippen LogP contribution < -0.4 is 5.11 Å². The summed E-state index contributed by atoms with van der Waals surface area (Å²) in [5.74, 6) is -2.26. The number of hydrogen-bond acceptors (Lipinski definition) is 8. The minimum atomic E-state index is -1.62. The Hall–Kier alpha value is -3.01. The van der Waals surface area contributed by atoms with Crippen molar-refractivity contribution in [3.05, 3.63) is 60.8 Å². The first kappa shape index (κ1) is 77.0. The Morgan fingerprint density at radius 2 is 0.713 bits per heavy atom. The summed E-state index contributed by atoms with van der Waals surface area (Å²) in [5, 5.41) is 11.8. The number of aliphatic carboxylic acids is 1. The highest BCUT2D eigenvalue weighted by Gasteiger charge is 2.22. The highest BCUT2D eigenvalue weighted by molar-refractivity contribution is 5.70. The van der Waals surface area contributed by atoms with Gasteiger partial charge in [-0.15, -0.1) is 0 Å². The van der Waals surface area contributed by atoms with Crippen LogP contribution in [0.2, 0.25) is 0 Å². The second-order valence-corrected chi connectivity index (χ2v) is 24.1. The fourth-order valence-electron chi connectivity index (χ4n) is 9.86. The largest absolute Gasteiger partial charge is 0.545 e. The van der Waals surface area contributed by atoms with Crippen LogP contribution in [0.5, 0.6) is 0 Å². The predicted octanol–water partition coefficient (Wildman–Crippen LogP) is 19.4. The van der Waals surface area contributed by atoms with E-state index in [4.69, 9.17) is 18.9 Å². The zero-order chi connectivity index (χ0) is 58.3. The zero-order valence-electron chi connectivity index (χ0n) is 53.2. The van der Waals surface area contributed by atoms with E-state index in [0.29, 0.717) is 23.9 Å². The number of unbranched alkanes of at least 4 members (excludes halogenated alkanes) is 38. The standard InChI is InChI=1S/C71H129NO8/c1-6-8-10-12-14-16-18-20-22-24-26-28-30-32-33-34-35-36-37-38-40-42-44-46-48-50-52-54-56-58-60-62-69(74)80-67(66-79-71(70(75)76)77-64-63-72(3,4)5)65-78-68(73)61-59-57-55-53-51-49-47-45-43-41-39-31-29-27-25-23-21-19-17-15-13-11-9-7-2/h8,10,14,16,20,22,26,28,32-33,67,71H,6-7,9,11-13,15,17-19,21,23-25,27,29-31,34-66H2,1-5H3/b10-8-,16-14-,22-20-,28-26-,33-32-. The van der Waals surface area contributed by atoms with Crippen LogP contribution in [0.15, 0.2) is 60.8 Å². The maximum Gasteiger partial charge on any atom is 0.306 e. The van der Waals surface area contributed by atoms with Gasteiger partial charge >= 0.3 is 11.9 Å². The Morgan fingerprint density at radius 1 is 0.388 bits per heavy atom. The number of nitrogens with zero attached hydrogens (tertiary/aromatic N) is 1. The molecule has 0 saturated carbocycles. The molecular weight excluding hydrogens is 995 g/mol. The first-order valence-corrected chi connectivity index (χ1v) is 33.9. The maximum absolute atomic E-state index is 12.9. The molecule has 9 heteroatoms. The van der Waals surface area contributed by atoms with Crippen molar-refractivity contribution in [1.29, 1.82) is 0 Å². The van der Waals surface area contributed by atoms with Gasteiger partial charge in [-0.05, 0) is 57.8 Å². The highest BCUT2D eigenvalue weighted by Crippen LogP contribution is 2.18. The van der Waals surface area contributed by atoms with E-state index in [2.05, 4.69) is 74.6 Å². The monoisotopic (exact) mass is 1120 g/mol. The average Bonchev–Trinajstić information content (AvgIpc) is 3.43. The molecule has 466 valence electrons. The van der Waals surface area contributed by atoms with Crippen molar-refractivity contribution in [3.63, 3.8) is 0 Å². The molecule has 0 saturated heterocycles. The molecule has 0 heterocycles. The van der Waals surface area contributed by atoms with Crippen LogP contribution in [0, 0.1) is 0 Å². The van der Waals surface area contributed by atoms with Crippen LogP contribution in [0.4, 0.5) is 0 Å². The average molecular weight is 1120 g/mol. The molecule has 0 aromatic rings. The van der Waals surface area contributed by atoms with Crippen molar-refractivity contribution >= 4 is 17.9 Å². The fraction of sp³-hybridized carbons (Fsp3) is 0.817. The summed E-state index contributed by atoms with van der Waals surface area (Å²) in [7, 11) is 5.94. The second-order valence-electron chi connectivity index (χ2n) is 24.1. The Kier molecular flexibility index (Phi) is 59.7. The van der Waals surface area contributed by atoms with Gasteiger partial charge in [-0.2, -0.15) is 0 Å². The van der Waals surface area contributed by atoms with Crippen molar-refractivity contribution in [2.24, 2.45) is 0 Å². The number of carbonyl (C=O) groups excluding carboxylic acids is 3. The zero-order valence-corrected chi connectivity index (χ0v) is 53.2. The Labute approximate surface area is 495 Å². The number of allylic oxidation sites excluding steroid dienone is 10. The molecule has 80 heavy (non-hydrogen) atoms. The van der Waals surface area contributed by atoms with Crippen molar-refractivity contribution in [1.82, 2.24) is 0 Å². The van der Waals surface area contributed by atoms with Gasteiger partial charge in [0.1, 0.15) is 13.2 Å². The lowest BCUT2D eigenvalue weighted by Gasteiger charge is -2.26. The summed E-state index contributed by atoms with van der Waals surface area (Å²) in [6.45, 7) is 4.69. The third-order valence-corrected chi connectivity index (χ3v) is 15.0. The molecule has 0 aliphatic rings. The van der Waals surface area contributed by atoms with Crippen LogP contribution in [-0.4, -0.2) is 82.3 Å². The lowest BCUT2D eigenvalue weighted by Crippen LogP contribution is -2.44. The molecule has 2 atom stereocenters. The van der Waals surface area contributed by atoms with E-state index in [1.54, 1.807) is 0 Å². The molecule has 0 radical (unpaired) electrons. The highest BCUT2D eigenvalue weighted by atomic mass is 16.7. The van der Waals surface area contributed by atoms with E-state index < -0.39 is 24.3 Å². The topological polar surface area (TPSA) is 111 Å². The fourth-order valence-corrected chi connectivity index (χ4v) is 9.86. The van der Waals surface area contributed by atoms with Crippen molar-refractivity contribution in [2.75, 3.05) is 47.5 Å². The van der Waals surface area contributed by atoms with Gasteiger partial charge in [0, 0.05) is 12.8 Å². The minimum Gasteiger partial charge on any atom is -0.545 e.